The van der Waals surface area contributed by atoms with Gasteiger partial charge in [0.25, 0.3) is 0 Å². The molecule has 0 radical (unpaired) electrons. The molecule has 0 atom stereocenters. The summed E-state index contributed by atoms with van der Waals surface area (Å²) in [5, 5.41) is 11.6. The first-order valence-corrected chi connectivity index (χ1v) is 5.70. The average Bonchev–Trinajstić information content (AvgIpc) is 2.82. The first-order valence-electron chi connectivity index (χ1n) is 5.70. The summed E-state index contributed by atoms with van der Waals surface area (Å²) in [5.41, 5.74) is 1.03. The van der Waals surface area contributed by atoms with E-state index in [1.165, 1.54) is 0 Å². The minimum Gasteiger partial charge on any atom is -0.497 e. The Hall–Kier alpha value is -2.04. The van der Waals surface area contributed by atoms with E-state index in [0.717, 1.165) is 42.6 Å². The van der Waals surface area contributed by atoms with Crippen molar-refractivity contribution in [3.05, 3.63) is 24.3 Å². The van der Waals surface area contributed by atoms with Gasteiger partial charge in [0.1, 0.15) is 5.75 Å². The Morgan fingerprint density at radius 3 is 3.18 bits per heavy atom. The summed E-state index contributed by atoms with van der Waals surface area (Å²) in [7, 11) is 1.67. The van der Waals surface area contributed by atoms with E-state index in [-0.39, 0.29) is 0 Å². The quantitative estimate of drug-likeness (QED) is 0.854. The summed E-state index contributed by atoms with van der Waals surface area (Å²) in [6.45, 7) is 1.93. The van der Waals surface area contributed by atoms with Crippen molar-refractivity contribution in [2.75, 3.05) is 19.0 Å². The molecule has 1 aromatic heterocycles. The van der Waals surface area contributed by atoms with Crippen LogP contribution in [0.25, 0.3) is 11.4 Å². The average molecular weight is 230 g/mol. The van der Waals surface area contributed by atoms with Crippen LogP contribution in [0.5, 0.6) is 5.75 Å². The molecule has 2 heterocycles. The third-order valence-corrected chi connectivity index (χ3v) is 2.92. The maximum absolute atomic E-state index is 5.22. The molecule has 0 fully saturated rings. The van der Waals surface area contributed by atoms with Gasteiger partial charge in [0, 0.05) is 18.7 Å². The molecule has 3 rings (SSSR count). The minimum atomic E-state index is 0.837. The Bertz CT molecular complexity index is 535. The fourth-order valence-electron chi connectivity index (χ4n) is 2.06. The van der Waals surface area contributed by atoms with Gasteiger partial charge >= 0.3 is 0 Å². The van der Waals surface area contributed by atoms with Gasteiger partial charge in [-0.2, -0.15) is 0 Å². The SMILES string of the molecule is COc1cccc(-c2nnc3n2CCCN3)c1. The molecule has 0 spiro atoms. The number of benzene rings is 1. The zero-order valence-corrected chi connectivity index (χ0v) is 9.68. The van der Waals surface area contributed by atoms with Crippen LogP contribution < -0.4 is 10.1 Å². The van der Waals surface area contributed by atoms with Gasteiger partial charge in [0.05, 0.1) is 7.11 Å². The van der Waals surface area contributed by atoms with Gasteiger partial charge in [-0.05, 0) is 18.6 Å². The molecule has 1 aliphatic rings. The zero-order chi connectivity index (χ0) is 11.7. The minimum absolute atomic E-state index is 0.837. The number of rotatable bonds is 2. The zero-order valence-electron chi connectivity index (χ0n) is 9.68. The highest BCUT2D eigenvalue weighted by atomic mass is 16.5. The molecular weight excluding hydrogens is 216 g/mol. The standard InChI is InChI=1S/C12H14N4O/c1-17-10-5-2-4-9(8-10)11-14-15-12-13-6-3-7-16(11)12/h2,4-5,8H,3,6-7H2,1H3,(H,13,15). The van der Waals surface area contributed by atoms with Gasteiger partial charge in [0.15, 0.2) is 5.82 Å². The molecular formula is C12H14N4O. The Labute approximate surface area is 99.4 Å². The van der Waals surface area contributed by atoms with Crippen molar-refractivity contribution in [2.45, 2.75) is 13.0 Å². The van der Waals surface area contributed by atoms with Crippen LogP contribution in [0, 0.1) is 0 Å². The van der Waals surface area contributed by atoms with Gasteiger partial charge in [-0.1, -0.05) is 12.1 Å². The number of nitrogens with one attached hydrogen (secondary N) is 1. The Kier molecular flexibility index (Phi) is 2.44. The second-order valence-electron chi connectivity index (χ2n) is 4.01. The van der Waals surface area contributed by atoms with Crippen LogP contribution in [-0.2, 0) is 6.54 Å². The van der Waals surface area contributed by atoms with Crippen LogP contribution in [0.2, 0.25) is 0 Å². The molecule has 17 heavy (non-hydrogen) atoms. The van der Waals surface area contributed by atoms with Gasteiger partial charge in [-0.15, -0.1) is 10.2 Å². The predicted molar refractivity (Wildman–Crippen MR) is 65.1 cm³/mol. The Morgan fingerprint density at radius 1 is 1.35 bits per heavy atom. The molecule has 1 N–H and O–H groups in total. The van der Waals surface area contributed by atoms with Crippen molar-refractivity contribution >= 4 is 5.95 Å². The van der Waals surface area contributed by atoms with Crippen molar-refractivity contribution in [1.82, 2.24) is 14.8 Å². The summed E-state index contributed by atoms with van der Waals surface area (Å²) in [5.74, 6) is 2.59. The fraction of sp³-hybridized carbons (Fsp3) is 0.333. The lowest BCUT2D eigenvalue weighted by molar-refractivity contribution is 0.415. The lowest BCUT2D eigenvalue weighted by Gasteiger charge is -2.16. The molecule has 0 unspecified atom stereocenters. The highest BCUT2D eigenvalue weighted by Gasteiger charge is 2.16. The van der Waals surface area contributed by atoms with Crippen molar-refractivity contribution in [3.8, 4) is 17.1 Å². The largest absolute Gasteiger partial charge is 0.497 e. The molecule has 1 aromatic carbocycles. The number of aromatic nitrogens is 3. The topological polar surface area (TPSA) is 52.0 Å². The normalized spacial score (nSPS) is 13.9. The first-order chi connectivity index (χ1) is 8.38. The summed E-state index contributed by atoms with van der Waals surface area (Å²) >= 11 is 0. The molecule has 0 aliphatic carbocycles. The molecule has 5 nitrogen and oxygen atoms in total. The maximum atomic E-state index is 5.22. The van der Waals surface area contributed by atoms with Crippen LogP contribution in [0.4, 0.5) is 5.95 Å². The molecule has 0 saturated heterocycles. The number of methoxy groups -OCH3 is 1. The van der Waals surface area contributed by atoms with E-state index in [1.807, 2.05) is 24.3 Å². The Morgan fingerprint density at radius 2 is 2.29 bits per heavy atom. The maximum Gasteiger partial charge on any atom is 0.224 e. The number of hydrogen-bond acceptors (Lipinski definition) is 4. The van der Waals surface area contributed by atoms with E-state index in [9.17, 15) is 0 Å². The van der Waals surface area contributed by atoms with Gasteiger partial charge in [-0.25, -0.2) is 0 Å². The van der Waals surface area contributed by atoms with Crippen molar-refractivity contribution in [1.29, 1.82) is 0 Å². The summed E-state index contributed by atoms with van der Waals surface area (Å²) in [6.07, 6.45) is 1.10. The van der Waals surface area contributed by atoms with E-state index in [0.29, 0.717) is 0 Å². The molecule has 0 saturated carbocycles. The molecule has 0 amide bonds. The number of anilines is 1. The third kappa shape index (κ3) is 1.73. The number of nitrogens with zero attached hydrogens (tertiary/aromatic N) is 3. The third-order valence-electron chi connectivity index (χ3n) is 2.92. The lowest BCUT2D eigenvalue weighted by Crippen LogP contribution is -2.17. The first kappa shape index (κ1) is 10.1. The summed E-state index contributed by atoms with van der Waals surface area (Å²) < 4.78 is 7.33. The van der Waals surface area contributed by atoms with Crippen molar-refractivity contribution < 1.29 is 4.74 Å². The van der Waals surface area contributed by atoms with Crippen LogP contribution >= 0.6 is 0 Å². The molecule has 2 aromatic rings. The predicted octanol–water partition coefficient (Wildman–Crippen LogP) is 1.77. The number of hydrogen-bond donors (Lipinski definition) is 1. The monoisotopic (exact) mass is 230 g/mol. The smallest absolute Gasteiger partial charge is 0.224 e. The second-order valence-corrected chi connectivity index (χ2v) is 4.01. The van der Waals surface area contributed by atoms with E-state index < -0.39 is 0 Å². The van der Waals surface area contributed by atoms with Gasteiger partial charge in [0.2, 0.25) is 5.95 Å². The van der Waals surface area contributed by atoms with Crippen LogP contribution in [0.15, 0.2) is 24.3 Å². The number of fused-ring (bicyclic) bond motifs is 1. The van der Waals surface area contributed by atoms with Crippen LogP contribution in [0.1, 0.15) is 6.42 Å². The molecule has 1 aliphatic heterocycles. The van der Waals surface area contributed by atoms with Crippen LogP contribution in [0.3, 0.4) is 0 Å². The fourth-order valence-corrected chi connectivity index (χ4v) is 2.06. The molecule has 0 bridgehead atoms. The lowest BCUT2D eigenvalue weighted by atomic mass is 10.2. The number of ether oxygens (including phenoxy) is 1. The molecule has 5 heteroatoms. The van der Waals surface area contributed by atoms with Crippen molar-refractivity contribution in [2.24, 2.45) is 0 Å². The van der Waals surface area contributed by atoms with E-state index in [2.05, 4.69) is 20.1 Å². The Balaban J connectivity index is 2.05. The van der Waals surface area contributed by atoms with Crippen LogP contribution in [-0.4, -0.2) is 28.4 Å². The highest BCUT2D eigenvalue weighted by Crippen LogP contribution is 2.25. The summed E-state index contributed by atoms with van der Waals surface area (Å²) in [6, 6.07) is 7.89. The van der Waals surface area contributed by atoms with Gasteiger partial charge < -0.3 is 10.1 Å². The van der Waals surface area contributed by atoms with E-state index >= 15 is 0 Å². The highest BCUT2D eigenvalue weighted by molar-refractivity contribution is 5.59. The summed E-state index contributed by atoms with van der Waals surface area (Å²) in [4.78, 5) is 0. The van der Waals surface area contributed by atoms with E-state index in [1.54, 1.807) is 7.11 Å². The van der Waals surface area contributed by atoms with Gasteiger partial charge in [-0.3, -0.25) is 4.57 Å². The van der Waals surface area contributed by atoms with Crippen molar-refractivity contribution in [3.63, 3.8) is 0 Å². The second kappa shape index (κ2) is 4.08. The molecule has 88 valence electrons. The van der Waals surface area contributed by atoms with E-state index in [4.69, 9.17) is 4.74 Å².